The summed E-state index contributed by atoms with van der Waals surface area (Å²) in [7, 11) is 0. The molecule has 2 amide bonds. The number of urea groups is 1. The molecule has 1 unspecified atom stereocenters. The van der Waals surface area contributed by atoms with Gasteiger partial charge in [-0.3, -0.25) is 0 Å². The zero-order valence-corrected chi connectivity index (χ0v) is 17.1. The predicted octanol–water partition coefficient (Wildman–Crippen LogP) is 3.42. The highest BCUT2D eigenvalue weighted by Crippen LogP contribution is 2.25. The second kappa shape index (κ2) is 9.11. The lowest BCUT2D eigenvalue weighted by atomic mass is 9.98. The van der Waals surface area contributed by atoms with E-state index in [1.165, 1.54) is 18.4 Å². The Bertz CT molecular complexity index is 818. The molecule has 1 aromatic heterocycles. The summed E-state index contributed by atoms with van der Waals surface area (Å²) in [6.07, 6.45) is 6.38. The fourth-order valence-electron chi connectivity index (χ4n) is 4.12. The van der Waals surface area contributed by atoms with E-state index >= 15 is 0 Å². The number of aromatic nitrogens is 2. The van der Waals surface area contributed by atoms with Crippen molar-refractivity contribution in [2.75, 3.05) is 47.8 Å². The Morgan fingerprint density at radius 2 is 1.72 bits per heavy atom. The molecule has 154 valence electrons. The number of carbonyl (C=O) groups is 1. The van der Waals surface area contributed by atoms with Gasteiger partial charge in [0.1, 0.15) is 18.0 Å². The second-order valence-electron chi connectivity index (χ2n) is 8.08. The van der Waals surface area contributed by atoms with Crippen LogP contribution >= 0.6 is 0 Å². The Hall–Kier alpha value is -2.83. The molecule has 2 fully saturated rings. The van der Waals surface area contributed by atoms with E-state index in [1.807, 2.05) is 31.2 Å². The van der Waals surface area contributed by atoms with Crippen molar-refractivity contribution in [1.82, 2.24) is 15.3 Å². The zero-order chi connectivity index (χ0) is 20.1. The molecule has 4 rings (SSSR count). The number of anilines is 3. The van der Waals surface area contributed by atoms with Gasteiger partial charge in [-0.05, 0) is 50.7 Å². The van der Waals surface area contributed by atoms with Crippen molar-refractivity contribution in [1.29, 1.82) is 0 Å². The standard InChI is InChI=1S/C22H30N6O/c1-17-6-8-19(9-7-17)26-22(29)23-14-18-5-4-12-28(15-18)21-13-20(24-16-25-21)27-10-2-3-11-27/h6-9,13,16,18H,2-5,10-12,14-15H2,1H3,(H2,23,26,29). The van der Waals surface area contributed by atoms with Crippen LogP contribution in [-0.2, 0) is 0 Å². The van der Waals surface area contributed by atoms with Crippen LogP contribution in [0.25, 0.3) is 0 Å². The van der Waals surface area contributed by atoms with Crippen LogP contribution in [0.15, 0.2) is 36.7 Å². The molecule has 29 heavy (non-hydrogen) atoms. The third-order valence-corrected chi connectivity index (χ3v) is 5.77. The summed E-state index contributed by atoms with van der Waals surface area (Å²) in [6.45, 7) is 6.77. The van der Waals surface area contributed by atoms with Crippen molar-refractivity contribution in [3.63, 3.8) is 0 Å². The molecule has 3 heterocycles. The van der Waals surface area contributed by atoms with E-state index in [4.69, 9.17) is 0 Å². The monoisotopic (exact) mass is 394 g/mol. The van der Waals surface area contributed by atoms with Gasteiger partial charge in [-0.25, -0.2) is 14.8 Å². The maximum Gasteiger partial charge on any atom is 0.319 e. The van der Waals surface area contributed by atoms with Gasteiger partial charge in [0.05, 0.1) is 0 Å². The molecule has 7 heteroatoms. The molecule has 2 aromatic rings. The van der Waals surface area contributed by atoms with E-state index in [9.17, 15) is 4.79 Å². The van der Waals surface area contributed by atoms with E-state index in [0.29, 0.717) is 12.5 Å². The number of amides is 2. The van der Waals surface area contributed by atoms with Crippen molar-refractivity contribution in [3.05, 3.63) is 42.2 Å². The van der Waals surface area contributed by atoms with Gasteiger partial charge < -0.3 is 20.4 Å². The molecular formula is C22H30N6O. The van der Waals surface area contributed by atoms with Crippen molar-refractivity contribution in [2.24, 2.45) is 5.92 Å². The first kappa shape index (κ1) is 19.5. The number of hydrogen-bond donors (Lipinski definition) is 2. The van der Waals surface area contributed by atoms with Crippen molar-refractivity contribution >= 4 is 23.4 Å². The van der Waals surface area contributed by atoms with Gasteiger partial charge in [0.25, 0.3) is 0 Å². The minimum absolute atomic E-state index is 0.149. The summed E-state index contributed by atoms with van der Waals surface area (Å²) in [6, 6.07) is 9.80. The molecule has 7 nitrogen and oxygen atoms in total. The van der Waals surface area contributed by atoms with Crippen LogP contribution in [0.4, 0.5) is 22.1 Å². The number of nitrogens with one attached hydrogen (secondary N) is 2. The fourth-order valence-corrected chi connectivity index (χ4v) is 4.12. The molecule has 1 atom stereocenters. The lowest BCUT2D eigenvalue weighted by Crippen LogP contribution is -2.42. The minimum atomic E-state index is -0.149. The quantitative estimate of drug-likeness (QED) is 0.813. The molecular weight excluding hydrogens is 364 g/mol. The summed E-state index contributed by atoms with van der Waals surface area (Å²) in [5.74, 6) is 2.44. The van der Waals surface area contributed by atoms with Crippen LogP contribution in [0.1, 0.15) is 31.2 Å². The average Bonchev–Trinajstić information content (AvgIpc) is 3.29. The molecule has 0 radical (unpaired) electrons. The zero-order valence-electron chi connectivity index (χ0n) is 17.1. The van der Waals surface area contributed by atoms with Gasteiger partial charge >= 0.3 is 6.03 Å². The van der Waals surface area contributed by atoms with Gasteiger partial charge in [0, 0.05) is 44.5 Å². The first-order valence-electron chi connectivity index (χ1n) is 10.6. The number of piperidine rings is 1. The highest BCUT2D eigenvalue weighted by Gasteiger charge is 2.23. The Balaban J connectivity index is 1.29. The Kier molecular flexibility index (Phi) is 6.12. The van der Waals surface area contributed by atoms with Crippen LogP contribution in [0.2, 0.25) is 0 Å². The molecule has 1 aromatic carbocycles. The van der Waals surface area contributed by atoms with Gasteiger partial charge in [0.15, 0.2) is 0 Å². The van der Waals surface area contributed by atoms with Crippen LogP contribution in [-0.4, -0.2) is 48.7 Å². The largest absolute Gasteiger partial charge is 0.356 e. The topological polar surface area (TPSA) is 73.4 Å². The van der Waals surface area contributed by atoms with Gasteiger partial charge in [-0.15, -0.1) is 0 Å². The molecule has 0 saturated carbocycles. The van der Waals surface area contributed by atoms with E-state index in [0.717, 1.165) is 56.3 Å². The van der Waals surface area contributed by atoms with Crippen LogP contribution in [0.3, 0.4) is 0 Å². The summed E-state index contributed by atoms with van der Waals surface area (Å²) >= 11 is 0. The van der Waals surface area contributed by atoms with Crippen LogP contribution in [0, 0.1) is 12.8 Å². The number of hydrogen-bond acceptors (Lipinski definition) is 5. The number of rotatable bonds is 5. The van der Waals surface area contributed by atoms with Crippen molar-refractivity contribution in [3.8, 4) is 0 Å². The first-order valence-corrected chi connectivity index (χ1v) is 10.6. The summed E-state index contributed by atoms with van der Waals surface area (Å²) < 4.78 is 0. The van der Waals surface area contributed by atoms with Crippen molar-refractivity contribution in [2.45, 2.75) is 32.6 Å². The first-order chi connectivity index (χ1) is 14.2. The minimum Gasteiger partial charge on any atom is -0.356 e. The number of aryl methyl sites for hydroxylation is 1. The third kappa shape index (κ3) is 5.16. The summed E-state index contributed by atoms with van der Waals surface area (Å²) in [5, 5.41) is 5.93. The molecule has 2 aliphatic rings. The molecule has 2 N–H and O–H groups in total. The number of nitrogens with zero attached hydrogens (tertiary/aromatic N) is 4. The van der Waals surface area contributed by atoms with Gasteiger partial charge in [-0.1, -0.05) is 17.7 Å². The Morgan fingerprint density at radius 1 is 1.03 bits per heavy atom. The fraction of sp³-hybridized carbons (Fsp3) is 0.500. The Morgan fingerprint density at radius 3 is 2.48 bits per heavy atom. The van der Waals surface area contributed by atoms with Crippen molar-refractivity contribution < 1.29 is 4.79 Å². The average molecular weight is 395 g/mol. The normalized spacial score (nSPS) is 19.3. The predicted molar refractivity (Wildman–Crippen MR) is 117 cm³/mol. The molecule has 2 aliphatic heterocycles. The number of benzene rings is 1. The highest BCUT2D eigenvalue weighted by atomic mass is 16.2. The summed E-state index contributed by atoms with van der Waals surface area (Å²) in [4.78, 5) is 25.9. The van der Waals surface area contributed by atoms with Crippen LogP contribution in [0.5, 0.6) is 0 Å². The van der Waals surface area contributed by atoms with E-state index in [2.05, 4.69) is 36.5 Å². The van der Waals surface area contributed by atoms with E-state index in [1.54, 1.807) is 6.33 Å². The molecule has 0 bridgehead atoms. The second-order valence-corrected chi connectivity index (χ2v) is 8.08. The van der Waals surface area contributed by atoms with Crippen LogP contribution < -0.4 is 20.4 Å². The highest BCUT2D eigenvalue weighted by molar-refractivity contribution is 5.89. The lowest BCUT2D eigenvalue weighted by Gasteiger charge is -2.34. The molecule has 0 spiro atoms. The number of carbonyl (C=O) groups excluding carboxylic acids is 1. The molecule has 0 aliphatic carbocycles. The Labute approximate surface area is 172 Å². The van der Waals surface area contributed by atoms with Gasteiger partial charge in [0.2, 0.25) is 0 Å². The maximum absolute atomic E-state index is 12.2. The van der Waals surface area contributed by atoms with Gasteiger partial charge in [-0.2, -0.15) is 0 Å². The maximum atomic E-state index is 12.2. The third-order valence-electron chi connectivity index (χ3n) is 5.77. The summed E-state index contributed by atoms with van der Waals surface area (Å²) in [5.41, 5.74) is 1.99. The van der Waals surface area contributed by atoms with E-state index in [-0.39, 0.29) is 6.03 Å². The smallest absolute Gasteiger partial charge is 0.319 e. The SMILES string of the molecule is Cc1ccc(NC(=O)NCC2CCCN(c3cc(N4CCCC4)ncn3)C2)cc1. The molecule has 2 saturated heterocycles. The van der Waals surface area contributed by atoms with E-state index < -0.39 is 0 Å². The lowest BCUT2D eigenvalue weighted by molar-refractivity contribution is 0.249.